The summed E-state index contributed by atoms with van der Waals surface area (Å²) in [5.41, 5.74) is 0. The van der Waals surface area contributed by atoms with Crippen LogP contribution < -0.4 is 0 Å². The molecule has 1 rings (SSSR count). The van der Waals surface area contributed by atoms with Crippen LogP contribution in [0.4, 0.5) is 0 Å². The molecule has 1 radical (unpaired) electrons. The molecule has 1 heterocycles. The van der Waals surface area contributed by atoms with Gasteiger partial charge in [0.2, 0.25) is 0 Å². The smallest absolute Gasteiger partial charge is 0.0576 e. The molecule has 9 heavy (non-hydrogen) atoms. The topological polar surface area (TPSA) is 9.23 Å². The van der Waals surface area contributed by atoms with Crippen molar-refractivity contribution < 1.29 is 4.74 Å². The van der Waals surface area contributed by atoms with Crippen molar-refractivity contribution >= 4 is 0 Å². The van der Waals surface area contributed by atoms with Gasteiger partial charge in [0.15, 0.2) is 0 Å². The lowest BCUT2D eigenvalue weighted by Crippen LogP contribution is -2.03. The van der Waals surface area contributed by atoms with Gasteiger partial charge in [0.25, 0.3) is 0 Å². The largest absolute Gasteiger partial charge is 0.378 e. The molecule has 1 nitrogen and oxygen atoms in total. The van der Waals surface area contributed by atoms with Gasteiger partial charge in [-0.15, -0.1) is 0 Å². The molecule has 0 N–H and O–H groups in total. The van der Waals surface area contributed by atoms with Gasteiger partial charge in [-0.2, -0.15) is 0 Å². The van der Waals surface area contributed by atoms with Crippen LogP contribution in [0.3, 0.4) is 0 Å². The maximum atomic E-state index is 5.43. The summed E-state index contributed by atoms with van der Waals surface area (Å²) in [6, 6.07) is 0. The van der Waals surface area contributed by atoms with E-state index in [2.05, 4.69) is 6.92 Å². The lowest BCUT2D eigenvalue weighted by molar-refractivity contribution is 0.103. The molecule has 1 fully saturated rings. The van der Waals surface area contributed by atoms with Crippen LogP contribution in [0.25, 0.3) is 0 Å². The van der Waals surface area contributed by atoms with E-state index in [1.807, 2.05) is 0 Å². The highest BCUT2D eigenvalue weighted by molar-refractivity contribution is 4.64. The molecule has 0 aromatic carbocycles. The summed E-state index contributed by atoms with van der Waals surface area (Å²) in [5, 5.41) is 0. The van der Waals surface area contributed by atoms with E-state index in [0.717, 1.165) is 13.0 Å². The molecule has 0 bridgehead atoms. The van der Waals surface area contributed by atoms with Crippen molar-refractivity contribution in [2.24, 2.45) is 0 Å². The van der Waals surface area contributed by atoms with E-state index in [1.165, 1.54) is 25.7 Å². The second-order valence-electron chi connectivity index (χ2n) is 2.63. The van der Waals surface area contributed by atoms with Crippen LogP contribution >= 0.6 is 0 Å². The Kier molecular flexibility index (Phi) is 3.05. The Balaban J connectivity index is 1.98. The van der Waals surface area contributed by atoms with Crippen LogP contribution in [0, 0.1) is 6.92 Å². The first-order valence-corrected chi connectivity index (χ1v) is 3.84. The average Bonchev–Trinajstić information content (AvgIpc) is 2.34. The first-order chi connectivity index (χ1) is 4.43. The van der Waals surface area contributed by atoms with E-state index in [4.69, 9.17) is 4.74 Å². The Morgan fingerprint density at radius 3 is 3.00 bits per heavy atom. The fraction of sp³-hybridized carbons (Fsp3) is 0.875. The summed E-state index contributed by atoms with van der Waals surface area (Å²) >= 11 is 0. The van der Waals surface area contributed by atoms with Crippen molar-refractivity contribution in [1.82, 2.24) is 0 Å². The maximum Gasteiger partial charge on any atom is 0.0576 e. The van der Waals surface area contributed by atoms with Gasteiger partial charge >= 0.3 is 0 Å². The van der Waals surface area contributed by atoms with Crippen LogP contribution in [0.2, 0.25) is 0 Å². The zero-order valence-corrected chi connectivity index (χ0v) is 5.94. The molecule has 0 spiro atoms. The van der Waals surface area contributed by atoms with Crippen LogP contribution in [0.15, 0.2) is 0 Å². The summed E-state index contributed by atoms with van der Waals surface area (Å²) in [6.45, 7) is 4.78. The minimum atomic E-state index is 0.576. The molecule has 0 aromatic rings. The van der Waals surface area contributed by atoms with E-state index >= 15 is 0 Å². The van der Waals surface area contributed by atoms with Crippen LogP contribution in [0.1, 0.15) is 32.1 Å². The van der Waals surface area contributed by atoms with Crippen molar-refractivity contribution in [3.8, 4) is 0 Å². The fourth-order valence-corrected chi connectivity index (χ4v) is 1.24. The number of unbranched alkanes of at least 4 members (excludes halogenated alkanes) is 1. The van der Waals surface area contributed by atoms with Crippen molar-refractivity contribution in [1.29, 1.82) is 0 Å². The normalized spacial score (nSPS) is 27.0. The standard InChI is InChI=1S/C8H15O/c1-2-3-5-8-6-4-7-9-8/h8H,1-7H2. The minimum Gasteiger partial charge on any atom is -0.378 e. The van der Waals surface area contributed by atoms with E-state index in [-0.39, 0.29) is 0 Å². The molecule has 0 aliphatic carbocycles. The first-order valence-electron chi connectivity index (χ1n) is 3.84. The SMILES string of the molecule is [CH2]CCCC1CCCO1. The summed E-state index contributed by atoms with van der Waals surface area (Å²) in [7, 11) is 0. The number of rotatable bonds is 3. The second-order valence-corrected chi connectivity index (χ2v) is 2.63. The summed E-state index contributed by atoms with van der Waals surface area (Å²) < 4.78 is 5.43. The van der Waals surface area contributed by atoms with E-state index in [0.29, 0.717) is 6.10 Å². The van der Waals surface area contributed by atoms with Gasteiger partial charge in [-0.05, 0) is 19.3 Å². The monoisotopic (exact) mass is 127 g/mol. The fourth-order valence-electron chi connectivity index (χ4n) is 1.24. The maximum absolute atomic E-state index is 5.43. The molecule has 1 unspecified atom stereocenters. The summed E-state index contributed by atoms with van der Waals surface area (Å²) in [4.78, 5) is 0. The van der Waals surface area contributed by atoms with E-state index in [1.54, 1.807) is 0 Å². The summed E-state index contributed by atoms with van der Waals surface area (Å²) in [5.74, 6) is 0. The molecular formula is C8H15O. The lowest BCUT2D eigenvalue weighted by atomic mass is 10.1. The number of ether oxygens (including phenoxy) is 1. The second kappa shape index (κ2) is 3.89. The van der Waals surface area contributed by atoms with Crippen molar-refractivity contribution in [2.45, 2.75) is 38.2 Å². The van der Waals surface area contributed by atoms with Crippen molar-refractivity contribution in [3.63, 3.8) is 0 Å². The summed E-state index contributed by atoms with van der Waals surface area (Å²) in [6.07, 6.45) is 6.63. The average molecular weight is 127 g/mol. The van der Waals surface area contributed by atoms with Crippen molar-refractivity contribution in [3.05, 3.63) is 6.92 Å². The number of hydrogen-bond donors (Lipinski definition) is 0. The van der Waals surface area contributed by atoms with Gasteiger partial charge in [-0.25, -0.2) is 0 Å². The van der Waals surface area contributed by atoms with Crippen LogP contribution in [0.5, 0.6) is 0 Å². The Hall–Kier alpha value is -0.0400. The van der Waals surface area contributed by atoms with E-state index in [9.17, 15) is 0 Å². The van der Waals surface area contributed by atoms with Crippen LogP contribution in [-0.4, -0.2) is 12.7 Å². The molecule has 0 aromatic heterocycles. The predicted molar refractivity (Wildman–Crippen MR) is 38.2 cm³/mol. The first kappa shape index (κ1) is 7.07. The Morgan fingerprint density at radius 1 is 1.56 bits per heavy atom. The van der Waals surface area contributed by atoms with Gasteiger partial charge < -0.3 is 4.74 Å². The molecule has 1 atom stereocenters. The Bertz CT molecular complexity index is 65.0. The molecule has 1 saturated heterocycles. The predicted octanol–water partition coefficient (Wildman–Crippen LogP) is 2.17. The van der Waals surface area contributed by atoms with Gasteiger partial charge in [0, 0.05) is 6.61 Å². The molecule has 1 aliphatic heterocycles. The third-order valence-electron chi connectivity index (χ3n) is 1.80. The highest BCUT2D eigenvalue weighted by atomic mass is 16.5. The molecule has 53 valence electrons. The van der Waals surface area contributed by atoms with Crippen LogP contribution in [-0.2, 0) is 4.74 Å². The zero-order chi connectivity index (χ0) is 6.53. The Labute approximate surface area is 57.4 Å². The third kappa shape index (κ3) is 2.35. The molecule has 1 heteroatoms. The zero-order valence-electron chi connectivity index (χ0n) is 5.94. The molecule has 0 saturated carbocycles. The van der Waals surface area contributed by atoms with Gasteiger partial charge in [-0.1, -0.05) is 19.8 Å². The van der Waals surface area contributed by atoms with Gasteiger partial charge in [0.05, 0.1) is 6.10 Å². The molecule has 0 amide bonds. The number of hydrogen-bond acceptors (Lipinski definition) is 1. The minimum absolute atomic E-state index is 0.576. The van der Waals surface area contributed by atoms with E-state index < -0.39 is 0 Å². The Morgan fingerprint density at radius 2 is 2.44 bits per heavy atom. The van der Waals surface area contributed by atoms with Crippen molar-refractivity contribution in [2.75, 3.05) is 6.61 Å². The highest BCUT2D eigenvalue weighted by Crippen LogP contribution is 2.16. The van der Waals surface area contributed by atoms with Gasteiger partial charge in [-0.3, -0.25) is 0 Å². The van der Waals surface area contributed by atoms with Gasteiger partial charge in [0.1, 0.15) is 0 Å². The molecule has 1 aliphatic rings. The molecular weight excluding hydrogens is 112 g/mol. The third-order valence-corrected chi connectivity index (χ3v) is 1.80. The highest BCUT2D eigenvalue weighted by Gasteiger charge is 2.13. The quantitative estimate of drug-likeness (QED) is 0.564. The lowest BCUT2D eigenvalue weighted by Gasteiger charge is -2.06.